The largest absolute Gasteiger partial charge is 0.448 e. The Morgan fingerprint density at radius 1 is 1.33 bits per heavy atom. The molecule has 1 aliphatic carbocycles. The Morgan fingerprint density at radius 3 is 2.67 bits per heavy atom. The molecule has 0 bridgehead atoms. The number of nitrogens with one attached hydrogen (secondary N) is 1. The van der Waals surface area contributed by atoms with E-state index in [0.717, 1.165) is 24.1 Å². The molecule has 1 saturated carbocycles. The van der Waals surface area contributed by atoms with Gasteiger partial charge in [-0.3, -0.25) is 4.79 Å². The van der Waals surface area contributed by atoms with Crippen molar-refractivity contribution in [2.75, 3.05) is 0 Å². The first-order valence-corrected chi connectivity index (χ1v) is 8.37. The van der Waals surface area contributed by atoms with Crippen LogP contribution in [-0.4, -0.2) is 24.0 Å². The summed E-state index contributed by atoms with van der Waals surface area (Å²) in [6.45, 7) is 5.72. The van der Waals surface area contributed by atoms with E-state index in [1.54, 1.807) is 13.0 Å². The lowest BCUT2D eigenvalue weighted by Gasteiger charge is -2.30. The molecular formula is C16H23NO3S. The Hall–Kier alpha value is -1.36. The fourth-order valence-electron chi connectivity index (χ4n) is 2.65. The maximum absolute atomic E-state index is 12.1. The van der Waals surface area contributed by atoms with Gasteiger partial charge in [0.15, 0.2) is 6.10 Å². The van der Waals surface area contributed by atoms with Crippen LogP contribution in [0.4, 0.5) is 0 Å². The summed E-state index contributed by atoms with van der Waals surface area (Å²) in [7, 11) is 0. The van der Waals surface area contributed by atoms with Crippen LogP contribution < -0.4 is 5.32 Å². The van der Waals surface area contributed by atoms with Crippen molar-refractivity contribution < 1.29 is 14.3 Å². The number of carbonyl (C=O) groups is 2. The standard InChI is InChI=1S/C16H23NO3S/c1-10-6-4-5-7-13(10)17-15(18)12(3)20-16(19)14-9-8-11(2)21-14/h8-10,12-13H,4-7H2,1-3H3,(H,17,18)/t10-,12+,13+/m0/s1. The maximum atomic E-state index is 12.1. The zero-order chi connectivity index (χ0) is 15.4. The van der Waals surface area contributed by atoms with E-state index in [-0.39, 0.29) is 11.9 Å². The van der Waals surface area contributed by atoms with Crippen molar-refractivity contribution in [3.63, 3.8) is 0 Å². The van der Waals surface area contributed by atoms with E-state index in [9.17, 15) is 9.59 Å². The van der Waals surface area contributed by atoms with Crippen LogP contribution in [-0.2, 0) is 9.53 Å². The molecule has 0 unspecified atom stereocenters. The van der Waals surface area contributed by atoms with Gasteiger partial charge in [0.1, 0.15) is 4.88 Å². The van der Waals surface area contributed by atoms with Crippen molar-refractivity contribution in [2.24, 2.45) is 5.92 Å². The van der Waals surface area contributed by atoms with Gasteiger partial charge in [-0.05, 0) is 44.7 Å². The molecule has 116 valence electrons. The van der Waals surface area contributed by atoms with E-state index in [1.807, 2.05) is 13.0 Å². The summed E-state index contributed by atoms with van der Waals surface area (Å²) < 4.78 is 5.25. The normalized spacial score (nSPS) is 23.4. The molecule has 1 amide bonds. The van der Waals surface area contributed by atoms with Gasteiger partial charge in [-0.2, -0.15) is 0 Å². The highest BCUT2D eigenvalue weighted by Gasteiger charge is 2.26. The number of rotatable bonds is 4. The Morgan fingerprint density at radius 2 is 2.05 bits per heavy atom. The van der Waals surface area contributed by atoms with Crippen molar-refractivity contribution in [1.29, 1.82) is 0 Å². The molecule has 0 aromatic carbocycles. The summed E-state index contributed by atoms with van der Waals surface area (Å²) >= 11 is 1.38. The number of aryl methyl sites for hydroxylation is 1. The highest BCUT2D eigenvalue weighted by molar-refractivity contribution is 7.13. The van der Waals surface area contributed by atoms with Crippen LogP contribution in [0.2, 0.25) is 0 Å². The van der Waals surface area contributed by atoms with Crippen LogP contribution in [0, 0.1) is 12.8 Å². The van der Waals surface area contributed by atoms with Crippen molar-refractivity contribution in [3.05, 3.63) is 21.9 Å². The SMILES string of the molecule is Cc1ccc(C(=O)O[C@H](C)C(=O)N[C@@H]2CCCC[C@@H]2C)s1. The third kappa shape index (κ3) is 4.30. The molecule has 3 atom stereocenters. The van der Waals surface area contributed by atoms with E-state index < -0.39 is 12.1 Å². The molecule has 1 aromatic rings. The Labute approximate surface area is 129 Å². The minimum absolute atomic E-state index is 0.199. The molecule has 1 aliphatic rings. The van der Waals surface area contributed by atoms with Gasteiger partial charge in [-0.25, -0.2) is 4.79 Å². The summed E-state index contributed by atoms with van der Waals surface area (Å²) in [5, 5.41) is 3.02. The third-order valence-corrected chi connectivity index (χ3v) is 5.01. The molecule has 0 aliphatic heterocycles. The molecule has 2 rings (SSSR count). The lowest BCUT2D eigenvalue weighted by molar-refractivity contribution is -0.130. The first kappa shape index (κ1) is 16.0. The zero-order valence-electron chi connectivity index (χ0n) is 12.8. The van der Waals surface area contributed by atoms with E-state index in [0.29, 0.717) is 10.8 Å². The maximum Gasteiger partial charge on any atom is 0.349 e. The van der Waals surface area contributed by atoms with Crippen molar-refractivity contribution in [3.8, 4) is 0 Å². The van der Waals surface area contributed by atoms with Crippen LogP contribution in [0.5, 0.6) is 0 Å². The average molecular weight is 309 g/mol. The molecular weight excluding hydrogens is 286 g/mol. The molecule has 1 heterocycles. The average Bonchev–Trinajstić information content (AvgIpc) is 2.88. The van der Waals surface area contributed by atoms with Crippen LogP contribution in [0.25, 0.3) is 0 Å². The third-order valence-electron chi connectivity index (χ3n) is 4.03. The topological polar surface area (TPSA) is 55.4 Å². The number of carbonyl (C=O) groups excluding carboxylic acids is 2. The number of thiophene rings is 1. The summed E-state index contributed by atoms with van der Waals surface area (Å²) in [4.78, 5) is 25.7. The Bertz CT molecular complexity index is 511. The van der Waals surface area contributed by atoms with Crippen LogP contribution in [0.15, 0.2) is 12.1 Å². The van der Waals surface area contributed by atoms with E-state index >= 15 is 0 Å². The molecule has 0 saturated heterocycles. The van der Waals surface area contributed by atoms with E-state index in [1.165, 1.54) is 17.8 Å². The second-order valence-electron chi connectivity index (χ2n) is 5.83. The Kier molecular flexibility index (Phi) is 5.39. The lowest BCUT2D eigenvalue weighted by Crippen LogP contribution is -2.45. The molecule has 4 nitrogen and oxygen atoms in total. The van der Waals surface area contributed by atoms with Gasteiger partial charge in [0, 0.05) is 10.9 Å². The summed E-state index contributed by atoms with van der Waals surface area (Å²) in [6, 6.07) is 3.81. The molecule has 1 aromatic heterocycles. The molecule has 1 N–H and O–H groups in total. The van der Waals surface area contributed by atoms with Crippen molar-refractivity contribution in [1.82, 2.24) is 5.32 Å². The van der Waals surface area contributed by atoms with Gasteiger partial charge in [0.05, 0.1) is 0 Å². The molecule has 0 spiro atoms. The summed E-state index contributed by atoms with van der Waals surface area (Å²) in [5.74, 6) is -0.131. The quantitative estimate of drug-likeness (QED) is 0.868. The van der Waals surface area contributed by atoms with Gasteiger partial charge in [-0.15, -0.1) is 11.3 Å². The van der Waals surface area contributed by atoms with Gasteiger partial charge in [0.25, 0.3) is 5.91 Å². The van der Waals surface area contributed by atoms with Crippen LogP contribution in [0.3, 0.4) is 0 Å². The number of hydrogen-bond acceptors (Lipinski definition) is 4. The van der Waals surface area contributed by atoms with Gasteiger partial charge < -0.3 is 10.1 Å². The monoisotopic (exact) mass is 309 g/mol. The van der Waals surface area contributed by atoms with Gasteiger partial charge >= 0.3 is 5.97 Å². The predicted molar refractivity (Wildman–Crippen MR) is 83.5 cm³/mol. The lowest BCUT2D eigenvalue weighted by atomic mass is 9.86. The Balaban J connectivity index is 1.86. The highest BCUT2D eigenvalue weighted by atomic mass is 32.1. The minimum atomic E-state index is -0.756. The number of esters is 1. The minimum Gasteiger partial charge on any atom is -0.448 e. The fraction of sp³-hybridized carbons (Fsp3) is 0.625. The number of amides is 1. The number of ether oxygens (including phenoxy) is 1. The smallest absolute Gasteiger partial charge is 0.349 e. The van der Waals surface area contributed by atoms with Crippen molar-refractivity contribution in [2.45, 2.75) is 58.6 Å². The van der Waals surface area contributed by atoms with Crippen LogP contribution in [0.1, 0.15) is 54.1 Å². The fourth-order valence-corrected chi connectivity index (χ4v) is 3.40. The first-order valence-electron chi connectivity index (χ1n) is 7.55. The summed E-state index contributed by atoms with van der Waals surface area (Å²) in [6.07, 6.45) is 3.79. The van der Waals surface area contributed by atoms with Gasteiger partial charge in [0.2, 0.25) is 0 Å². The molecule has 0 radical (unpaired) electrons. The number of hydrogen-bond donors (Lipinski definition) is 1. The van der Waals surface area contributed by atoms with E-state index in [4.69, 9.17) is 4.74 Å². The van der Waals surface area contributed by atoms with E-state index in [2.05, 4.69) is 12.2 Å². The molecule has 21 heavy (non-hydrogen) atoms. The van der Waals surface area contributed by atoms with Crippen LogP contribution >= 0.6 is 11.3 Å². The highest BCUT2D eigenvalue weighted by Crippen LogP contribution is 2.24. The predicted octanol–water partition coefficient (Wildman–Crippen LogP) is 3.30. The molecule has 5 heteroatoms. The van der Waals surface area contributed by atoms with Crippen molar-refractivity contribution >= 4 is 23.2 Å². The zero-order valence-corrected chi connectivity index (χ0v) is 13.7. The second-order valence-corrected chi connectivity index (χ2v) is 7.12. The summed E-state index contributed by atoms with van der Waals surface area (Å²) in [5.41, 5.74) is 0. The molecule has 1 fully saturated rings. The first-order chi connectivity index (χ1) is 9.97. The second kappa shape index (κ2) is 7.07. The van der Waals surface area contributed by atoms with Gasteiger partial charge in [-0.1, -0.05) is 19.8 Å².